The molecule has 1 aromatic carbocycles. The third-order valence-electron chi connectivity index (χ3n) is 2.61. The van der Waals surface area contributed by atoms with Crippen LogP contribution >= 0.6 is 0 Å². The van der Waals surface area contributed by atoms with E-state index in [-0.39, 0.29) is 0 Å². The Bertz CT molecular complexity index is 343. The zero-order chi connectivity index (χ0) is 10.7. The molecule has 3 heteroatoms. The first kappa shape index (κ1) is 10.0. The third-order valence-corrected chi connectivity index (χ3v) is 2.61. The molecule has 0 bridgehead atoms. The summed E-state index contributed by atoms with van der Waals surface area (Å²) in [6, 6.07) is 10.9. The molecule has 1 N–H and O–H groups in total. The summed E-state index contributed by atoms with van der Waals surface area (Å²) in [5, 5.41) is 3.45. The Labute approximate surface area is 90.8 Å². The first-order valence-corrected chi connectivity index (χ1v) is 5.30. The van der Waals surface area contributed by atoms with Crippen LogP contribution in [-0.4, -0.2) is 31.5 Å². The fourth-order valence-corrected chi connectivity index (χ4v) is 1.78. The Balaban J connectivity index is 2.11. The predicted octanol–water partition coefficient (Wildman–Crippen LogP) is 1.64. The standard InChI is InChI=1S/C12H17N3/c1-15(2)12-13-9-8-11(14-12)10-6-4-3-5-7-10/h3-7,11H,8-9H2,1-2H3,(H,13,14). The highest BCUT2D eigenvalue weighted by molar-refractivity contribution is 5.80. The summed E-state index contributed by atoms with van der Waals surface area (Å²) in [5.74, 6) is 0.982. The van der Waals surface area contributed by atoms with Crippen LogP contribution in [0.15, 0.2) is 35.3 Å². The molecule has 0 fully saturated rings. The summed E-state index contributed by atoms with van der Waals surface area (Å²) in [4.78, 5) is 6.46. The molecule has 15 heavy (non-hydrogen) atoms. The fraction of sp³-hybridized carbons (Fsp3) is 0.417. The molecule has 1 aliphatic rings. The number of benzene rings is 1. The zero-order valence-corrected chi connectivity index (χ0v) is 9.27. The molecule has 3 nitrogen and oxygen atoms in total. The zero-order valence-electron chi connectivity index (χ0n) is 9.27. The van der Waals surface area contributed by atoms with Gasteiger partial charge in [0.15, 0.2) is 5.96 Å². The van der Waals surface area contributed by atoms with Crippen LogP contribution in [0.5, 0.6) is 0 Å². The van der Waals surface area contributed by atoms with Gasteiger partial charge < -0.3 is 10.2 Å². The van der Waals surface area contributed by atoms with Crippen molar-refractivity contribution in [1.29, 1.82) is 0 Å². The first-order chi connectivity index (χ1) is 7.27. The van der Waals surface area contributed by atoms with Crippen molar-refractivity contribution in [3.8, 4) is 0 Å². The maximum atomic E-state index is 4.44. The summed E-state index contributed by atoms with van der Waals surface area (Å²) >= 11 is 0. The molecule has 2 rings (SSSR count). The molecule has 0 aliphatic carbocycles. The number of hydrogen-bond donors (Lipinski definition) is 1. The average Bonchev–Trinajstić information content (AvgIpc) is 2.30. The third kappa shape index (κ3) is 2.29. The normalized spacial score (nSPS) is 20.4. The second kappa shape index (κ2) is 4.34. The summed E-state index contributed by atoms with van der Waals surface area (Å²) in [5.41, 5.74) is 1.34. The molecule has 0 saturated heterocycles. The average molecular weight is 203 g/mol. The van der Waals surface area contributed by atoms with Gasteiger partial charge >= 0.3 is 0 Å². The van der Waals surface area contributed by atoms with Gasteiger partial charge in [0.2, 0.25) is 0 Å². The maximum Gasteiger partial charge on any atom is 0.193 e. The van der Waals surface area contributed by atoms with Crippen LogP contribution in [-0.2, 0) is 0 Å². The Hall–Kier alpha value is -1.51. The van der Waals surface area contributed by atoms with Crippen molar-refractivity contribution in [2.45, 2.75) is 12.5 Å². The molecular weight excluding hydrogens is 186 g/mol. The molecule has 1 heterocycles. The van der Waals surface area contributed by atoms with Crippen molar-refractivity contribution >= 4 is 5.96 Å². The number of aliphatic imine (C=N–C) groups is 1. The molecule has 1 atom stereocenters. The van der Waals surface area contributed by atoms with Gasteiger partial charge in [0, 0.05) is 20.6 Å². The van der Waals surface area contributed by atoms with Crippen LogP contribution in [0.2, 0.25) is 0 Å². The quantitative estimate of drug-likeness (QED) is 0.751. The van der Waals surface area contributed by atoms with Crippen molar-refractivity contribution in [3.63, 3.8) is 0 Å². The molecule has 1 aromatic rings. The highest BCUT2D eigenvalue weighted by Gasteiger charge is 2.17. The second-order valence-electron chi connectivity index (χ2n) is 4.00. The van der Waals surface area contributed by atoms with Gasteiger partial charge in [-0.05, 0) is 12.0 Å². The van der Waals surface area contributed by atoms with E-state index in [0.29, 0.717) is 6.04 Å². The summed E-state index contributed by atoms with van der Waals surface area (Å²) in [6.45, 7) is 0.903. The summed E-state index contributed by atoms with van der Waals surface area (Å²) in [7, 11) is 4.03. The number of nitrogens with one attached hydrogen (secondary N) is 1. The topological polar surface area (TPSA) is 27.6 Å². The van der Waals surface area contributed by atoms with Gasteiger partial charge in [0.05, 0.1) is 6.04 Å². The SMILES string of the molecule is CN(C)C1=NCCC(c2ccccc2)N1. The Morgan fingerprint density at radius 3 is 2.67 bits per heavy atom. The fourth-order valence-electron chi connectivity index (χ4n) is 1.78. The van der Waals surface area contributed by atoms with Crippen LogP contribution in [0.1, 0.15) is 18.0 Å². The van der Waals surface area contributed by atoms with E-state index in [9.17, 15) is 0 Å². The minimum absolute atomic E-state index is 0.404. The molecule has 0 saturated carbocycles. The predicted molar refractivity (Wildman–Crippen MR) is 62.9 cm³/mol. The Kier molecular flexibility index (Phi) is 2.90. The van der Waals surface area contributed by atoms with Crippen molar-refractivity contribution in [2.24, 2.45) is 4.99 Å². The molecule has 1 unspecified atom stereocenters. The Morgan fingerprint density at radius 1 is 1.27 bits per heavy atom. The van der Waals surface area contributed by atoms with E-state index in [2.05, 4.69) is 34.6 Å². The molecule has 0 spiro atoms. The van der Waals surface area contributed by atoms with Crippen LogP contribution in [0.3, 0.4) is 0 Å². The van der Waals surface area contributed by atoms with E-state index in [0.717, 1.165) is 18.9 Å². The van der Waals surface area contributed by atoms with Gasteiger partial charge in [-0.1, -0.05) is 30.3 Å². The van der Waals surface area contributed by atoms with Crippen molar-refractivity contribution in [3.05, 3.63) is 35.9 Å². The van der Waals surface area contributed by atoms with Gasteiger partial charge in [-0.3, -0.25) is 4.99 Å². The van der Waals surface area contributed by atoms with Crippen molar-refractivity contribution in [2.75, 3.05) is 20.6 Å². The summed E-state index contributed by atoms with van der Waals surface area (Å²) in [6.07, 6.45) is 1.07. The van der Waals surface area contributed by atoms with Gasteiger partial charge in [-0.25, -0.2) is 0 Å². The molecular formula is C12H17N3. The molecule has 0 radical (unpaired) electrons. The van der Waals surface area contributed by atoms with Gasteiger partial charge in [0.25, 0.3) is 0 Å². The smallest absolute Gasteiger partial charge is 0.193 e. The van der Waals surface area contributed by atoms with Crippen LogP contribution in [0, 0.1) is 0 Å². The largest absolute Gasteiger partial charge is 0.349 e. The lowest BCUT2D eigenvalue weighted by Crippen LogP contribution is -2.41. The van der Waals surface area contributed by atoms with E-state index in [1.165, 1.54) is 5.56 Å². The minimum atomic E-state index is 0.404. The minimum Gasteiger partial charge on any atom is -0.349 e. The monoisotopic (exact) mass is 203 g/mol. The van der Waals surface area contributed by atoms with E-state index < -0.39 is 0 Å². The highest BCUT2D eigenvalue weighted by atomic mass is 15.3. The lowest BCUT2D eigenvalue weighted by molar-refractivity contribution is 0.494. The Morgan fingerprint density at radius 2 is 2.00 bits per heavy atom. The van der Waals surface area contributed by atoms with Crippen molar-refractivity contribution in [1.82, 2.24) is 10.2 Å². The van der Waals surface area contributed by atoms with E-state index in [1.54, 1.807) is 0 Å². The van der Waals surface area contributed by atoms with E-state index in [4.69, 9.17) is 0 Å². The van der Waals surface area contributed by atoms with Crippen LogP contribution < -0.4 is 5.32 Å². The molecule has 80 valence electrons. The van der Waals surface area contributed by atoms with E-state index in [1.807, 2.05) is 25.1 Å². The van der Waals surface area contributed by atoms with Crippen LogP contribution in [0.4, 0.5) is 0 Å². The van der Waals surface area contributed by atoms with Gasteiger partial charge in [-0.2, -0.15) is 0 Å². The van der Waals surface area contributed by atoms with Crippen molar-refractivity contribution < 1.29 is 0 Å². The van der Waals surface area contributed by atoms with Gasteiger partial charge in [0.1, 0.15) is 0 Å². The number of rotatable bonds is 1. The number of hydrogen-bond acceptors (Lipinski definition) is 3. The highest BCUT2D eigenvalue weighted by Crippen LogP contribution is 2.19. The lowest BCUT2D eigenvalue weighted by atomic mass is 10.0. The molecule has 0 aromatic heterocycles. The van der Waals surface area contributed by atoms with Gasteiger partial charge in [-0.15, -0.1) is 0 Å². The van der Waals surface area contributed by atoms with E-state index >= 15 is 0 Å². The van der Waals surface area contributed by atoms with Crippen LogP contribution in [0.25, 0.3) is 0 Å². The first-order valence-electron chi connectivity index (χ1n) is 5.30. The maximum absolute atomic E-state index is 4.44. The lowest BCUT2D eigenvalue weighted by Gasteiger charge is -2.28. The molecule has 0 amide bonds. The number of guanidine groups is 1. The second-order valence-corrected chi connectivity index (χ2v) is 4.00. The number of nitrogens with zero attached hydrogens (tertiary/aromatic N) is 2. The summed E-state index contributed by atoms with van der Waals surface area (Å²) < 4.78 is 0. The molecule has 1 aliphatic heterocycles.